The van der Waals surface area contributed by atoms with Gasteiger partial charge in [0.15, 0.2) is 0 Å². The molecule has 0 bridgehead atoms. The van der Waals surface area contributed by atoms with Crippen LogP contribution in [0.1, 0.15) is 62.3 Å². The van der Waals surface area contributed by atoms with Gasteiger partial charge >= 0.3 is 0 Å². The minimum absolute atomic E-state index is 0.211. The zero-order valence-electron chi connectivity index (χ0n) is 21.3. The largest absolute Gasteiger partial charge is 0.489 e. The minimum atomic E-state index is -0.407. The van der Waals surface area contributed by atoms with Crippen LogP contribution in [0, 0.1) is 24.1 Å². The van der Waals surface area contributed by atoms with E-state index < -0.39 is 5.82 Å². The van der Waals surface area contributed by atoms with Gasteiger partial charge in [-0.3, -0.25) is 0 Å². The van der Waals surface area contributed by atoms with Gasteiger partial charge in [-0.25, -0.2) is 9.37 Å². The number of hydrogen-bond acceptors (Lipinski definition) is 4. The summed E-state index contributed by atoms with van der Waals surface area (Å²) in [5, 5.41) is 0. The van der Waals surface area contributed by atoms with Crippen molar-refractivity contribution in [1.82, 2.24) is 4.98 Å². The van der Waals surface area contributed by atoms with Crippen molar-refractivity contribution in [3.05, 3.63) is 84.2 Å². The molecule has 2 atom stereocenters. The number of hydrogen-bond donors (Lipinski definition) is 0. The molecule has 0 spiro atoms. The molecule has 1 aliphatic carbocycles. The predicted molar refractivity (Wildman–Crippen MR) is 137 cm³/mol. The van der Waals surface area contributed by atoms with Gasteiger partial charge in [-0.1, -0.05) is 45.0 Å². The molecule has 1 heterocycles. The van der Waals surface area contributed by atoms with Gasteiger partial charge in [0.2, 0.25) is 5.88 Å². The summed E-state index contributed by atoms with van der Waals surface area (Å²) in [6, 6.07) is 15.8. The molecule has 1 aromatic heterocycles. The van der Waals surface area contributed by atoms with Crippen LogP contribution in [-0.2, 0) is 11.3 Å². The summed E-state index contributed by atoms with van der Waals surface area (Å²) in [6.07, 6.45) is 3.45. The summed E-state index contributed by atoms with van der Waals surface area (Å²) < 4.78 is 32.2. The molecular weight excluding hydrogens is 441 g/mol. The van der Waals surface area contributed by atoms with Gasteiger partial charge in [-0.15, -0.1) is 0 Å². The molecule has 4 rings (SSSR count). The van der Waals surface area contributed by atoms with E-state index in [4.69, 9.17) is 14.2 Å². The third-order valence-corrected chi connectivity index (χ3v) is 6.63. The van der Waals surface area contributed by atoms with Crippen LogP contribution in [-0.4, -0.2) is 19.2 Å². The molecule has 4 nitrogen and oxygen atoms in total. The topological polar surface area (TPSA) is 40.6 Å². The number of methoxy groups -OCH3 is 2. The van der Waals surface area contributed by atoms with E-state index >= 15 is 0 Å². The quantitative estimate of drug-likeness (QED) is 0.320. The maximum Gasteiger partial charge on any atom is 0.213 e. The minimum Gasteiger partial charge on any atom is -0.489 e. The fourth-order valence-electron chi connectivity index (χ4n) is 4.62. The van der Waals surface area contributed by atoms with Crippen LogP contribution < -0.4 is 9.47 Å². The van der Waals surface area contributed by atoms with Gasteiger partial charge in [0.25, 0.3) is 0 Å². The molecule has 0 aliphatic heterocycles. The summed E-state index contributed by atoms with van der Waals surface area (Å²) in [5.41, 5.74) is 4.07. The zero-order chi connectivity index (χ0) is 25.2. The van der Waals surface area contributed by atoms with Crippen molar-refractivity contribution >= 4 is 0 Å². The number of aromatic nitrogens is 1. The Balaban J connectivity index is 1.66. The van der Waals surface area contributed by atoms with Crippen LogP contribution in [0.15, 0.2) is 54.7 Å². The fourth-order valence-corrected chi connectivity index (χ4v) is 4.62. The smallest absolute Gasteiger partial charge is 0.213 e. The lowest BCUT2D eigenvalue weighted by molar-refractivity contribution is 0.0155. The van der Waals surface area contributed by atoms with Crippen molar-refractivity contribution in [2.45, 2.75) is 52.2 Å². The van der Waals surface area contributed by atoms with Gasteiger partial charge in [0, 0.05) is 18.7 Å². The van der Waals surface area contributed by atoms with Crippen LogP contribution in [0.2, 0.25) is 0 Å². The Morgan fingerprint density at radius 1 is 1.06 bits per heavy atom. The van der Waals surface area contributed by atoms with Gasteiger partial charge in [0.05, 0.1) is 19.4 Å². The van der Waals surface area contributed by atoms with Crippen molar-refractivity contribution < 1.29 is 18.6 Å². The Labute approximate surface area is 208 Å². The molecule has 1 aliphatic rings. The molecule has 185 valence electrons. The predicted octanol–water partition coefficient (Wildman–Crippen LogP) is 7.54. The third-order valence-electron chi connectivity index (χ3n) is 6.63. The Bertz CT molecular complexity index is 1170. The number of nitrogens with zero attached hydrogens (tertiary/aromatic N) is 1. The first-order valence-electron chi connectivity index (χ1n) is 12.1. The molecule has 2 aromatic carbocycles. The van der Waals surface area contributed by atoms with Gasteiger partial charge in [-0.2, -0.15) is 0 Å². The summed E-state index contributed by atoms with van der Waals surface area (Å²) in [6.45, 7) is 11.1. The van der Waals surface area contributed by atoms with E-state index in [2.05, 4.69) is 50.9 Å². The van der Waals surface area contributed by atoms with Crippen molar-refractivity contribution in [1.29, 1.82) is 0 Å². The Morgan fingerprint density at radius 3 is 2.49 bits per heavy atom. The zero-order valence-corrected chi connectivity index (χ0v) is 21.3. The van der Waals surface area contributed by atoms with Gasteiger partial charge < -0.3 is 14.2 Å². The first-order chi connectivity index (χ1) is 16.7. The van der Waals surface area contributed by atoms with Gasteiger partial charge in [-0.05, 0) is 77.5 Å². The molecule has 5 heteroatoms. The first kappa shape index (κ1) is 25.2. The molecule has 35 heavy (non-hydrogen) atoms. The SMILES string of the molecule is [CH2][C@H](c1cccc(OCc2ccc(-c3cc(OC)ncc3F)c([C@@H](OC)C(C)(C)C)c2)c1)C1CC1. The molecular formula is C30H35FNO3. The molecule has 1 saturated carbocycles. The Morgan fingerprint density at radius 2 is 1.83 bits per heavy atom. The summed E-state index contributed by atoms with van der Waals surface area (Å²) in [5.74, 6) is 1.78. The van der Waals surface area contributed by atoms with Crippen molar-refractivity contribution in [3.8, 4) is 22.8 Å². The van der Waals surface area contributed by atoms with Crippen molar-refractivity contribution in [2.75, 3.05) is 14.2 Å². The van der Waals surface area contributed by atoms with E-state index in [0.717, 1.165) is 22.4 Å². The molecule has 3 aromatic rings. The van der Waals surface area contributed by atoms with E-state index in [1.54, 1.807) is 13.2 Å². The lowest BCUT2D eigenvalue weighted by Crippen LogP contribution is -2.21. The lowest BCUT2D eigenvalue weighted by atomic mass is 9.81. The second-order valence-corrected chi connectivity index (χ2v) is 10.4. The molecule has 0 unspecified atom stereocenters. The van der Waals surface area contributed by atoms with Crippen LogP contribution in [0.3, 0.4) is 0 Å². The Kier molecular flexibility index (Phi) is 7.46. The highest BCUT2D eigenvalue weighted by molar-refractivity contribution is 5.70. The normalized spacial score (nSPS) is 15.5. The number of pyridine rings is 1. The molecule has 0 N–H and O–H groups in total. The van der Waals surface area contributed by atoms with E-state index in [1.165, 1.54) is 31.7 Å². The van der Waals surface area contributed by atoms with Crippen LogP contribution >= 0.6 is 0 Å². The lowest BCUT2D eigenvalue weighted by Gasteiger charge is -2.32. The Hall–Kier alpha value is -2.92. The second-order valence-electron chi connectivity index (χ2n) is 10.4. The highest BCUT2D eigenvalue weighted by Crippen LogP contribution is 2.43. The monoisotopic (exact) mass is 476 g/mol. The molecule has 0 saturated heterocycles. The van der Waals surface area contributed by atoms with Crippen molar-refractivity contribution in [3.63, 3.8) is 0 Å². The maximum atomic E-state index is 14.9. The molecule has 1 fully saturated rings. The highest BCUT2D eigenvalue weighted by atomic mass is 19.1. The first-order valence-corrected chi connectivity index (χ1v) is 12.1. The highest BCUT2D eigenvalue weighted by Gasteiger charge is 2.30. The van der Waals surface area contributed by atoms with Crippen LogP contribution in [0.4, 0.5) is 4.39 Å². The van der Waals surface area contributed by atoms with Crippen molar-refractivity contribution in [2.24, 2.45) is 11.3 Å². The number of benzene rings is 2. The fraction of sp³-hybridized carbons (Fsp3) is 0.400. The van der Waals surface area contributed by atoms with Crippen LogP contribution in [0.25, 0.3) is 11.1 Å². The number of halogens is 1. The average Bonchev–Trinajstić information content (AvgIpc) is 3.68. The van der Waals surface area contributed by atoms with E-state index in [9.17, 15) is 4.39 Å². The molecule has 1 radical (unpaired) electrons. The van der Waals surface area contributed by atoms with Gasteiger partial charge in [0.1, 0.15) is 18.2 Å². The van der Waals surface area contributed by atoms with E-state index in [1.807, 2.05) is 24.3 Å². The average molecular weight is 477 g/mol. The van der Waals surface area contributed by atoms with E-state index in [-0.39, 0.29) is 11.5 Å². The maximum absolute atomic E-state index is 14.9. The third kappa shape index (κ3) is 5.84. The summed E-state index contributed by atoms with van der Waals surface area (Å²) >= 11 is 0. The van der Waals surface area contributed by atoms with E-state index in [0.29, 0.717) is 29.9 Å². The second kappa shape index (κ2) is 10.4. The number of rotatable bonds is 9. The molecule has 0 amide bonds. The number of ether oxygens (including phenoxy) is 3. The van der Waals surface area contributed by atoms with Crippen LogP contribution in [0.5, 0.6) is 11.6 Å². The summed E-state index contributed by atoms with van der Waals surface area (Å²) in [4.78, 5) is 3.99. The summed E-state index contributed by atoms with van der Waals surface area (Å²) in [7, 11) is 3.21. The standard InChI is InChI=1S/C30H35FNO3/c1-19(21-11-12-21)22-8-7-9-23(15-22)35-18-20-10-13-24(25-16-28(33-5)32-17-27(25)31)26(14-20)29(34-6)30(2,3)4/h7-10,13-17,19,21,29H,1,11-12,18H2,2-6H3/t19-,29+/m0/s1.